The number of hydrogen-bond donors (Lipinski definition) is 3. The van der Waals surface area contributed by atoms with E-state index in [-0.39, 0.29) is 19.1 Å². The van der Waals surface area contributed by atoms with Crippen LogP contribution in [0, 0.1) is 11.3 Å². The van der Waals surface area contributed by atoms with Gasteiger partial charge in [-0.2, -0.15) is 0 Å². The highest BCUT2D eigenvalue weighted by molar-refractivity contribution is 5.70. The van der Waals surface area contributed by atoms with Crippen molar-refractivity contribution >= 4 is 5.97 Å². The van der Waals surface area contributed by atoms with Crippen LogP contribution in [0.25, 0.3) is 0 Å². The van der Waals surface area contributed by atoms with Crippen LogP contribution in [0.2, 0.25) is 0 Å². The van der Waals surface area contributed by atoms with Gasteiger partial charge in [0.05, 0.1) is 19.1 Å². The molecule has 0 aromatic heterocycles. The van der Waals surface area contributed by atoms with Crippen LogP contribution < -0.4 is 0 Å². The van der Waals surface area contributed by atoms with E-state index in [9.17, 15) is 4.79 Å². The first-order valence-electron chi connectivity index (χ1n) is 4.58. The number of carboxylic acid groups (broad SMARTS) is 1. The van der Waals surface area contributed by atoms with Crippen LogP contribution in [0.5, 0.6) is 0 Å². The molecule has 0 aromatic carbocycles. The van der Waals surface area contributed by atoms with E-state index in [4.69, 9.17) is 15.3 Å². The van der Waals surface area contributed by atoms with Crippen molar-refractivity contribution in [3.05, 3.63) is 0 Å². The van der Waals surface area contributed by atoms with Crippen LogP contribution in [-0.2, 0) is 4.79 Å². The van der Waals surface area contributed by atoms with E-state index in [1.165, 1.54) is 0 Å². The Labute approximate surface area is 77.2 Å². The number of rotatable bonds is 3. The predicted molar refractivity (Wildman–Crippen MR) is 46.2 cm³/mol. The zero-order valence-electron chi connectivity index (χ0n) is 7.57. The van der Waals surface area contributed by atoms with Crippen molar-refractivity contribution in [2.24, 2.45) is 11.3 Å². The van der Waals surface area contributed by atoms with Gasteiger partial charge in [0.15, 0.2) is 0 Å². The lowest BCUT2D eigenvalue weighted by atomic mass is 9.71. The average molecular weight is 188 g/mol. The molecular weight excluding hydrogens is 172 g/mol. The number of hydrogen-bond acceptors (Lipinski definition) is 3. The first kappa shape index (κ1) is 10.5. The van der Waals surface area contributed by atoms with E-state index in [1.807, 2.05) is 0 Å². The molecule has 0 bridgehead atoms. The van der Waals surface area contributed by atoms with E-state index >= 15 is 0 Å². The number of carbonyl (C=O) groups is 1. The molecule has 1 saturated carbocycles. The minimum atomic E-state index is -0.760. The topological polar surface area (TPSA) is 77.8 Å². The third-order valence-corrected chi connectivity index (χ3v) is 3.07. The van der Waals surface area contributed by atoms with Gasteiger partial charge in [0.1, 0.15) is 0 Å². The largest absolute Gasteiger partial charge is 0.481 e. The first-order chi connectivity index (χ1) is 6.13. The van der Waals surface area contributed by atoms with Crippen molar-refractivity contribution in [2.45, 2.75) is 25.7 Å². The Morgan fingerprint density at radius 1 is 1.23 bits per heavy atom. The smallest absolute Gasteiger partial charge is 0.306 e. The van der Waals surface area contributed by atoms with E-state index in [0.717, 1.165) is 0 Å². The molecule has 0 saturated heterocycles. The quantitative estimate of drug-likeness (QED) is 0.592. The molecule has 0 spiro atoms. The van der Waals surface area contributed by atoms with Gasteiger partial charge in [-0.15, -0.1) is 0 Å². The lowest BCUT2D eigenvalue weighted by Gasteiger charge is -2.35. The summed E-state index contributed by atoms with van der Waals surface area (Å²) in [4.78, 5) is 10.6. The van der Waals surface area contributed by atoms with Crippen LogP contribution in [0.1, 0.15) is 25.7 Å². The third-order valence-electron chi connectivity index (χ3n) is 3.07. The van der Waals surface area contributed by atoms with Crippen molar-refractivity contribution in [3.63, 3.8) is 0 Å². The molecule has 3 N–H and O–H groups in total. The highest BCUT2D eigenvalue weighted by Gasteiger charge is 2.36. The summed E-state index contributed by atoms with van der Waals surface area (Å²) in [7, 11) is 0. The van der Waals surface area contributed by atoms with Crippen LogP contribution >= 0.6 is 0 Å². The molecule has 1 rings (SSSR count). The van der Waals surface area contributed by atoms with Gasteiger partial charge in [0.2, 0.25) is 0 Å². The zero-order chi connectivity index (χ0) is 9.90. The SMILES string of the molecule is O=C(O)C1CCC(CO)(CO)CC1. The fourth-order valence-corrected chi connectivity index (χ4v) is 1.84. The highest BCUT2D eigenvalue weighted by Crippen LogP contribution is 2.38. The summed E-state index contributed by atoms with van der Waals surface area (Å²) in [5, 5.41) is 26.8. The molecule has 4 heteroatoms. The second-order valence-corrected chi connectivity index (χ2v) is 3.93. The van der Waals surface area contributed by atoms with Crippen molar-refractivity contribution in [1.29, 1.82) is 0 Å². The number of aliphatic hydroxyl groups excluding tert-OH is 2. The van der Waals surface area contributed by atoms with Crippen molar-refractivity contribution < 1.29 is 20.1 Å². The number of carboxylic acids is 1. The Balaban J connectivity index is 2.50. The fourth-order valence-electron chi connectivity index (χ4n) is 1.84. The summed E-state index contributed by atoms with van der Waals surface area (Å²) >= 11 is 0. The van der Waals surface area contributed by atoms with Crippen molar-refractivity contribution in [1.82, 2.24) is 0 Å². The molecule has 0 amide bonds. The molecule has 76 valence electrons. The first-order valence-corrected chi connectivity index (χ1v) is 4.58. The van der Waals surface area contributed by atoms with Crippen LogP contribution in [0.4, 0.5) is 0 Å². The highest BCUT2D eigenvalue weighted by atomic mass is 16.4. The predicted octanol–water partition coefficient (Wildman–Crippen LogP) is 0.232. The molecule has 1 aliphatic carbocycles. The monoisotopic (exact) mass is 188 g/mol. The maximum atomic E-state index is 10.6. The molecule has 0 heterocycles. The van der Waals surface area contributed by atoms with Gasteiger partial charge in [-0.1, -0.05) is 0 Å². The maximum absolute atomic E-state index is 10.6. The molecule has 4 nitrogen and oxygen atoms in total. The van der Waals surface area contributed by atoms with Crippen LogP contribution in [0.3, 0.4) is 0 Å². The second-order valence-electron chi connectivity index (χ2n) is 3.93. The van der Waals surface area contributed by atoms with Gasteiger partial charge in [-0.05, 0) is 25.7 Å². The zero-order valence-corrected chi connectivity index (χ0v) is 7.57. The third kappa shape index (κ3) is 2.19. The Bertz CT molecular complexity index is 176. The summed E-state index contributed by atoms with van der Waals surface area (Å²) in [6.45, 7) is -0.0916. The molecule has 1 aliphatic rings. The Morgan fingerprint density at radius 3 is 2.00 bits per heavy atom. The lowest BCUT2D eigenvalue weighted by Crippen LogP contribution is -2.36. The summed E-state index contributed by atoms with van der Waals surface area (Å²) in [6.07, 6.45) is 2.35. The van der Waals surface area contributed by atoms with Gasteiger partial charge < -0.3 is 15.3 Å². The normalized spacial score (nSPS) is 22.9. The molecule has 0 aromatic rings. The standard InChI is InChI=1S/C9H16O4/c10-5-9(6-11)3-1-7(2-4-9)8(12)13/h7,10-11H,1-6H2,(H,12,13). The van der Waals surface area contributed by atoms with Gasteiger partial charge in [0.25, 0.3) is 0 Å². The summed E-state index contributed by atoms with van der Waals surface area (Å²) in [5.74, 6) is -1.05. The van der Waals surface area contributed by atoms with Gasteiger partial charge in [-0.3, -0.25) is 4.79 Å². The van der Waals surface area contributed by atoms with Gasteiger partial charge in [0, 0.05) is 5.41 Å². The van der Waals surface area contributed by atoms with Crippen LogP contribution in [0.15, 0.2) is 0 Å². The summed E-state index contributed by atoms with van der Waals surface area (Å²) < 4.78 is 0. The summed E-state index contributed by atoms with van der Waals surface area (Å²) in [6, 6.07) is 0. The van der Waals surface area contributed by atoms with E-state index in [0.29, 0.717) is 25.7 Å². The Hall–Kier alpha value is -0.610. The molecule has 13 heavy (non-hydrogen) atoms. The van der Waals surface area contributed by atoms with Gasteiger partial charge >= 0.3 is 5.97 Å². The average Bonchev–Trinajstić information content (AvgIpc) is 2.18. The van der Waals surface area contributed by atoms with E-state index in [2.05, 4.69) is 0 Å². The maximum Gasteiger partial charge on any atom is 0.306 e. The minimum absolute atomic E-state index is 0.0458. The molecule has 0 atom stereocenters. The van der Waals surface area contributed by atoms with E-state index < -0.39 is 11.4 Å². The fraction of sp³-hybridized carbons (Fsp3) is 0.889. The molecule has 0 aliphatic heterocycles. The summed E-state index contributed by atoms with van der Waals surface area (Å²) in [5.41, 5.74) is -0.425. The minimum Gasteiger partial charge on any atom is -0.481 e. The number of aliphatic carboxylic acids is 1. The van der Waals surface area contributed by atoms with E-state index in [1.54, 1.807) is 0 Å². The van der Waals surface area contributed by atoms with Crippen molar-refractivity contribution in [3.8, 4) is 0 Å². The second kappa shape index (κ2) is 4.07. The lowest BCUT2D eigenvalue weighted by molar-refractivity contribution is -0.144. The molecular formula is C9H16O4. The van der Waals surface area contributed by atoms with Gasteiger partial charge in [-0.25, -0.2) is 0 Å². The molecule has 1 fully saturated rings. The van der Waals surface area contributed by atoms with Crippen LogP contribution in [-0.4, -0.2) is 34.5 Å². The number of aliphatic hydroxyl groups is 2. The Kier molecular flexibility index (Phi) is 3.27. The Morgan fingerprint density at radius 2 is 1.69 bits per heavy atom. The van der Waals surface area contributed by atoms with Crippen molar-refractivity contribution in [2.75, 3.05) is 13.2 Å². The molecule has 0 unspecified atom stereocenters. The molecule has 0 radical (unpaired) electrons.